The molecule has 1 aromatic heterocycles. The van der Waals surface area contributed by atoms with E-state index in [-0.39, 0.29) is 63.6 Å². The average molecular weight is 638 g/mol. The van der Waals surface area contributed by atoms with E-state index in [0.717, 1.165) is 25.9 Å². The molecule has 0 spiro atoms. The number of amides is 3. The number of rotatable bonds is 6. The van der Waals surface area contributed by atoms with Crippen molar-refractivity contribution in [2.45, 2.75) is 12.8 Å². The molecule has 0 bridgehead atoms. The van der Waals surface area contributed by atoms with Crippen LogP contribution in [-0.4, -0.2) is 83.5 Å². The predicted octanol–water partition coefficient (Wildman–Crippen LogP) is 3.99. The van der Waals surface area contributed by atoms with Gasteiger partial charge in [0.2, 0.25) is 11.7 Å². The zero-order valence-corrected chi connectivity index (χ0v) is 25.2. The number of nitrogens with one attached hydrogen (secondary N) is 2. The maximum Gasteiger partial charge on any atom is 0.291 e. The number of hydrogen-bond acceptors (Lipinski definition) is 6. The van der Waals surface area contributed by atoms with Gasteiger partial charge >= 0.3 is 0 Å². The molecule has 2 aliphatic rings. The second-order valence-electron chi connectivity index (χ2n) is 10.3. The molecule has 2 aromatic carbocycles. The summed E-state index contributed by atoms with van der Waals surface area (Å²) >= 11 is 6.45. The predicted molar refractivity (Wildman–Crippen MR) is 160 cm³/mol. The number of carbonyl (C=O) groups excluding carboxylic acids is 3. The summed E-state index contributed by atoms with van der Waals surface area (Å²) in [5.74, 6) is -3.21. The number of piperazine rings is 1. The molecule has 0 radical (unpaired) electrons. The van der Waals surface area contributed by atoms with Crippen LogP contribution in [-0.2, 0) is 11.8 Å². The van der Waals surface area contributed by atoms with Crippen LogP contribution in [0.5, 0.6) is 5.75 Å². The summed E-state index contributed by atoms with van der Waals surface area (Å²) in [4.78, 5) is 46.6. The van der Waals surface area contributed by atoms with E-state index in [2.05, 4.69) is 15.6 Å². The van der Waals surface area contributed by atoms with Crippen LogP contribution in [0.4, 0.5) is 14.5 Å². The molecule has 2 aliphatic heterocycles. The SMILES string of the molecule is COc1ccc(-c2cnc(C(=O)Nc3ccc(C(=O)N4CCN(C(=O)C5CCNCC5)CC4)c(Cl)c3)n2C)c(F)c1F.Cl. The maximum absolute atomic E-state index is 14.6. The first-order valence-corrected chi connectivity index (χ1v) is 14.0. The largest absolute Gasteiger partial charge is 0.494 e. The van der Waals surface area contributed by atoms with E-state index in [1.54, 1.807) is 11.0 Å². The second-order valence-corrected chi connectivity index (χ2v) is 10.7. The Hall–Kier alpha value is -3.74. The van der Waals surface area contributed by atoms with Gasteiger partial charge in [-0.15, -0.1) is 12.4 Å². The summed E-state index contributed by atoms with van der Waals surface area (Å²) in [5, 5.41) is 6.10. The smallest absolute Gasteiger partial charge is 0.291 e. The van der Waals surface area contributed by atoms with Crippen molar-refractivity contribution < 1.29 is 27.9 Å². The second kappa shape index (κ2) is 13.7. The van der Waals surface area contributed by atoms with Crippen molar-refractivity contribution in [2.24, 2.45) is 13.0 Å². The molecule has 2 fully saturated rings. The minimum Gasteiger partial charge on any atom is -0.494 e. The number of piperidine rings is 1. The maximum atomic E-state index is 14.6. The molecule has 10 nitrogen and oxygen atoms in total. The first-order chi connectivity index (χ1) is 20.2. The van der Waals surface area contributed by atoms with Crippen LogP contribution >= 0.6 is 24.0 Å². The average Bonchev–Trinajstić information content (AvgIpc) is 3.39. The van der Waals surface area contributed by atoms with Crippen LogP contribution in [0, 0.1) is 17.6 Å². The molecule has 0 aliphatic carbocycles. The summed E-state index contributed by atoms with van der Waals surface area (Å²) in [6.45, 7) is 3.45. The number of aromatic nitrogens is 2. The van der Waals surface area contributed by atoms with Gasteiger partial charge < -0.3 is 29.7 Å². The number of nitrogens with zero attached hydrogens (tertiary/aromatic N) is 4. The normalized spacial score (nSPS) is 15.6. The van der Waals surface area contributed by atoms with Crippen molar-refractivity contribution >= 4 is 47.4 Å². The molecule has 0 saturated carbocycles. The lowest BCUT2D eigenvalue weighted by Crippen LogP contribution is -2.52. The lowest BCUT2D eigenvalue weighted by Gasteiger charge is -2.37. The van der Waals surface area contributed by atoms with Crippen LogP contribution in [0.25, 0.3) is 11.3 Å². The van der Waals surface area contributed by atoms with Gasteiger partial charge in [-0.25, -0.2) is 9.37 Å². The molecule has 14 heteroatoms. The summed E-state index contributed by atoms with van der Waals surface area (Å²) < 4.78 is 35.0. The standard InChI is InChI=1S/C29H31ClF2N6O4.ClH/c1-36-22(20-5-6-23(42-2)25(32)24(20)31)16-34-26(36)27(39)35-18-3-4-19(21(30)15-18)29(41)38-13-11-37(12-14-38)28(40)17-7-9-33-10-8-17;/h3-6,15-17,33H,7-14H2,1-2H3,(H,35,39);1H. The molecule has 0 unspecified atom stereocenters. The first-order valence-electron chi connectivity index (χ1n) is 13.6. The summed E-state index contributed by atoms with van der Waals surface area (Å²) in [7, 11) is 2.74. The fourth-order valence-corrected chi connectivity index (χ4v) is 5.60. The van der Waals surface area contributed by atoms with Crippen LogP contribution in [0.15, 0.2) is 36.5 Å². The van der Waals surface area contributed by atoms with Crippen LogP contribution in [0.3, 0.4) is 0 Å². The highest BCUT2D eigenvalue weighted by Crippen LogP contribution is 2.30. The van der Waals surface area contributed by atoms with Gasteiger partial charge in [0.25, 0.3) is 11.8 Å². The van der Waals surface area contributed by atoms with Crippen molar-refractivity contribution in [2.75, 3.05) is 51.7 Å². The van der Waals surface area contributed by atoms with Gasteiger partial charge in [0.05, 0.1) is 29.6 Å². The lowest BCUT2D eigenvalue weighted by atomic mass is 9.96. The Morgan fingerprint density at radius 2 is 1.70 bits per heavy atom. The zero-order chi connectivity index (χ0) is 30.0. The summed E-state index contributed by atoms with van der Waals surface area (Å²) in [5.41, 5.74) is 0.717. The van der Waals surface area contributed by atoms with Crippen LogP contribution < -0.4 is 15.4 Å². The molecule has 43 heavy (non-hydrogen) atoms. The minimum atomic E-state index is -1.14. The topological polar surface area (TPSA) is 109 Å². The van der Waals surface area contributed by atoms with Crippen molar-refractivity contribution in [3.05, 3.63) is 64.6 Å². The summed E-state index contributed by atoms with van der Waals surface area (Å²) in [6, 6.07) is 7.19. The summed E-state index contributed by atoms with van der Waals surface area (Å²) in [6.07, 6.45) is 2.94. The molecule has 3 heterocycles. The van der Waals surface area contributed by atoms with E-state index in [9.17, 15) is 23.2 Å². The van der Waals surface area contributed by atoms with E-state index in [4.69, 9.17) is 16.3 Å². The third-order valence-electron chi connectivity index (χ3n) is 7.76. The Labute approximate surface area is 258 Å². The molecule has 3 amide bonds. The van der Waals surface area contributed by atoms with Gasteiger partial charge in [-0.1, -0.05) is 11.6 Å². The highest BCUT2D eigenvalue weighted by atomic mass is 35.5. The van der Waals surface area contributed by atoms with E-state index >= 15 is 0 Å². The van der Waals surface area contributed by atoms with Gasteiger partial charge in [-0.3, -0.25) is 14.4 Å². The molecule has 2 saturated heterocycles. The highest BCUT2D eigenvalue weighted by Gasteiger charge is 2.30. The number of benzene rings is 2. The number of hydrogen-bond donors (Lipinski definition) is 2. The fraction of sp³-hybridized carbons (Fsp3) is 0.379. The number of imidazole rings is 1. The van der Waals surface area contributed by atoms with Crippen LogP contribution in [0.2, 0.25) is 5.02 Å². The zero-order valence-electron chi connectivity index (χ0n) is 23.7. The van der Waals surface area contributed by atoms with Gasteiger partial charge in [0.1, 0.15) is 0 Å². The number of methoxy groups -OCH3 is 1. The Kier molecular flexibility index (Phi) is 10.3. The Morgan fingerprint density at radius 3 is 2.35 bits per heavy atom. The Balaban J connectivity index is 0.00000423. The van der Waals surface area contributed by atoms with Gasteiger partial charge in [0.15, 0.2) is 17.4 Å². The van der Waals surface area contributed by atoms with Gasteiger partial charge in [0, 0.05) is 50.4 Å². The van der Waals surface area contributed by atoms with Gasteiger partial charge in [-0.2, -0.15) is 4.39 Å². The van der Waals surface area contributed by atoms with Crippen molar-refractivity contribution in [3.8, 4) is 17.0 Å². The molecular weight excluding hydrogens is 605 g/mol. The van der Waals surface area contributed by atoms with E-state index in [1.165, 1.54) is 49.2 Å². The molecule has 0 atom stereocenters. The third-order valence-corrected chi connectivity index (χ3v) is 8.07. The Morgan fingerprint density at radius 1 is 1.02 bits per heavy atom. The van der Waals surface area contributed by atoms with Crippen molar-refractivity contribution in [1.82, 2.24) is 24.7 Å². The van der Waals surface area contributed by atoms with Gasteiger partial charge in [-0.05, 0) is 56.3 Å². The lowest BCUT2D eigenvalue weighted by molar-refractivity contribution is -0.137. The number of halogens is 4. The number of ether oxygens (including phenoxy) is 1. The first kappa shape index (κ1) is 32.2. The van der Waals surface area contributed by atoms with E-state index in [0.29, 0.717) is 31.9 Å². The molecule has 3 aromatic rings. The minimum absolute atomic E-state index is 0. The third kappa shape index (κ3) is 6.61. The monoisotopic (exact) mass is 636 g/mol. The Bertz CT molecular complexity index is 1520. The van der Waals surface area contributed by atoms with Crippen molar-refractivity contribution in [3.63, 3.8) is 0 Å². The number of carbonyl (C=O) groups is 3. The van der Waals surface area contributed by atoms with E-state index in [1.807, 2.05) is 4.90 Å². The molecule has 2 N–H and O–H groups in total. The molecule has 230 valence electrons. The molecular formula is C29H32Cl2F2N6O4. The van der Waals surface area contributed by atoms with Crippen LogP contribution in [0.1, 0.15) is 33.8 Å². The number of anilines is 1. The fourth-order valence-electron chi connectivity index (χ4n) is 5.34. The highest BCUT2D eigenvalue weighted by molar-refractivity contribution is 6.34. The quantitative estimate of drug-likeness (QED) is 0.424. The van der Waals surface area contributed by atoms with E-state index < -0.39 is 17.5 Å². The molecule has 5 rings (SSSR count). The van der Waals surface area contributed by atoms with Crippen molar-refractivity contribution in [1.29, 1.82) is 0 Å².